The molecule has 0 radical (unpaired) electrons. The second kappa shape index (κ2) is 17.2. The highest BCUT2D eigenvalue weighted by molar-refractivity contribution is 7.85. The summed E-state index contributed by atoms with van der Waals surface area (Å²) in [6.45, 7) is 15.1. The molecule has 206 valence electrons. The first-order chi connectivity index (χ1) is 16.4. The Kier molecular flexibility index (Phi) is 16.6. The fraction of sp³-hybridized carbons (Fsp3) is 0.760. The van der Waals surface area contributed by atoms with Gasteiger partial charge in [-0.2, -0.15) is 0 Å². The fourth-order valence-corrected chi connectivity index (χ4v) is 4.62. The average Bonchev–Trinajstić information content (AvgIpc) is 2.81. The third-order valence-electron chi connectivity index (χ3n) is 6.11. The highest BCUT2D eigenvalue weighted by Crippen LogP contribution is 2.26. The lowest BCUT2D eigenvalue weighted by Gasteiger charge is -2.39. The first kappa shape index (κ1) is 33.7. The predicted octanol–water partition coefficient (Wildman–Crippen LogP) is 7.46. The van der Waals surface area contributed by atoms with Crippen LogP contribution in [0.4, 0.5) is 22.0 Å². The van der Waals surface area contributed by atoms with Gasteiger partial charge in [-0.15, -0.1) is 0 Å². The van der Waals surface area contributed by atoms with E-state index in [9.17, 15) is 34.9 Å². The van der Waals surface area contributed by atoms with Crippen LogP contribution in [0.2, 0.25) is 0 Å². The van der Waals surface area contributed by atoms with Crippen molar-refractivity contribution in [3.05, 3.63) is 29.1 Å². The molecule has 0 aromatic heterocycles. The lowest BCUT2D eigenvalue weighted by molar-refractivity contribution is -0.929. The van der Waals surface area contributed by atoms with Gasteiger partial charge in [0, 0.05) is 0 Å². The van der Waals surface area contributed by atoms with E-state index in [2.05, 4.69) is 27.7 Å². The van der Waals surface area contributed by atoms with E-state index in [-0.39, 0.29) is 0 Å². The van der Waals surface area contributed by atoms with Crippen molar-refractivity contribution < 1.29 is 39.4 Å². The molecule has 0 aliphatic heterocycles. The molecule has 0 aliphatic rings. The Morgan fingerprint density at radius 3 is 1.20 bits per heavy atom. The molecule has 0 bridgehead atoms. The van der Waals surface area contributed by atoms with E-state index in [0.717, 1.165) is 0 Å². The lowest BCUT2D eigenvalue weighted by atomic mass is 10.1. The van der Waals surface area contributed by atoms with Crippen LogP contribution in [0.3, 0.4) is 0 Å². The Labute approximate surface area is 208 Å². The van der Waals surface area contributed by atoms with E-state index < -0.39 is 44.1 Å². The quantitative estimate of drug-likeness (QED) is 0.0556. The van der Waals surface area contributed by atoms with Gasteiger partial charge in [-0.3, -0.25) is 0 Å². The number of hydrogen-bond donors (Lipinski definition) is 0. The van der Waals surface area contributed by atoms with Crippen LogP contribution in [0.5, 0.6) is 0 Å². The molecule has 0 N–H and O–H groups in total. The zero-order chi connectivity index (χ0) is 27.1. The molecule has 0 atom stereocenters. The molecule has 0 heterocycles. The van der Waals surface area contributed by atoms with Crippen LogP contribution in [0, 0.1) is 29.1 Å². The van der Waals surface area contributed by atoms with Crippen LogP contribution >= 0.6 is 0 Å². The number of rotatable bonds is 16. The summed E-state index contributed by atoms with van der Waals surface area (Å²) in [6.07, 6.45) is 15.5. The second-order valence-corrected chi connectivity index (χ2v) is 10.4. The minimum atomic E-state index is -5.77. The Morgan fingerprint density at radius 2 is 0.857 bits per heavy atom. The molecule has 35 heavy (non-hydrogen) atoms. The van der Waals surface area contributed by atoms with Crippen molar-refractivity contribution in [3.8, 4) is 0 Å². The maximum absolute atomic E-state index is 12.6. The summed E-state index contributed by atoms with van der Waals surface area (Å²) in [7, 11) is -5.77. The van der Waals surface area contributed by atoms with Gasteiger partial charge in [-0.25, -0.2) is 30.4 Å². The van der Waals surface area contributed by atoms with Gasteiger partial charge in [0.15, 0.2) is 23.3 Å². The van der Waals surface area contributed by atoms with Crippen LogP contribution in [-0.4, -0.2) is 43.6 Å². The van der Waals surface area contributed by atoms with Crippen LogP contribution in [0.25, 0.3) is 0 Å². The highest BCUT2D eigenvalue weighted by Gasteiger charge is 2.29. The summed E-state index contributed by atoms with van der Waals surface area (Å²) < 4.78 is 94.3. The molecule has 10 heteroatoms. The number of benzene rings is 1. The van der Waals surface area contributed by atoms with Crippen molar-refractivity contribution >= 4 is 10.1 Å². The van der Waals surface area contributed by atoms with Crippen LogP contribution in [0.1, 0.15) is 98.3 Å². The molecule has 0 amide bonds. The monoisotopic (exact) mass is 531 g/mol. The molecular formula is C25H42F5NO3S. The van der Waals surface area contributed by atoms with Gasteiger partial charge in [0.1, 0.15) is 15.0 Å². The van der Waals surface area contributed by atoms with Crippen molar-refractivity contribution in [2.24, 2.45) is 0 Å². The van der Waals surface area contributed by atoms with Gasteiger partial charge < -0.3 is 9.04 Å². The van der Waals surface area contributed by atoms with Gasteiger partial charge in [-0.05, 0) is 32.1 Å². The summed E-state index contributed by atoms with van der Waals surface area (Å²) in [6, 6.07) is 0. The number of nitrogens with zero attached hydrogens (tertiary/aromatic N) is 1. The SMILES string of the molecule is CCCCCCC[N+](CCCC)(CCCC)CCCC.O=S(=O)([O-])c1c(F)c(F)c(F)c(F)c1F. The van der Waals surface area contributed by atoms with E-state index in [4.69, 9.17) is 0 Å². The minimum Gasteiger partial charge on any atom is -0.744 e. The molecule has 4 nitrogen and oxygen atoms in total. The Hall–Kier alpha value is -1.26. The number of quaternary nitrogens is 1. The molecule has 1 rings (SSSR count). The van der Waals surface area contributed by atoms with Gasteiger partial charge in [0.25, 0.3) is 0 Å². The lowest BCUT2D eigenvalue weighted by Crippen LogP contribution is -2.50. The number of hydrogen-bond acceptors (Lipinski definition) is 3. The van der Waals surface area contributed by atoms with Gasteiger partial charge in [-0.1, -0.05) is 66.2 Å². The topological polar surface area (TPSA) is 57.2 Å². The summed E-state index contributed by atoms with van der Waals surface area (Å²) >= 11 is 0. The predicted molar refractivity (Wildman–Crippen MR) is 127 cm³/mol. The standard InChI is InChI=1S/C19H42N.C6HF5O3S/c1-5-9-13-14-15-19-20(16-10-6-2,17-11-7-3)18-12-8-4;7-1-2(8)4(10)6(15(12,13)14)5(11)3(1)9/h5-19H2,1-4H3;(H,12,13,14)/q+1;/p-1. The van der Waals surface area contributed by atoms with Crippen molar-refractivity contribution in [2.75, 3.05) is 26.2 Å². The van der Waals surface area contributed by atoms with Crippen molar-refractivity contribution in [1.29, 1.82) is 0 Å². The summed E-state index contributed by atoms with van der Waals surface area (Å²) in [4.78, 5) is -2.38. The average molecular weight is 532 g/mol. The smallest absolute Gasteiger partial charge is 0.200 e. The summed E-state index contributed by atoms with van der Waals surface area (Å²) in [5.74, 6) is -12.8. The Balaban J connectivity index is 0.000000686. The van der Waals surface area contributed by atoms with Crippen molar-refractivity contribution in [2.45, 2.75) is 103 Å². The molecule has 0 saturated heterocycles. The molecule has 1 aromatic carbocycles. The zero-order valence-electron chi connectivity index (χ0n) is 21.6. The third kappa shape index (κ3) is 11.6. The summed E-state index contributed by atoms with van der Waals surface area (Å²) in [5.41, 5.74) is 0. The number of unbranched alkanes of at least 4 members (excludes halogenated alkanes) is 7. The molecule has 1 aromatic rings. The maximum atomic E-state index is 12.6. The van der Waals surface area contributed by atoms with Crippen LogP contribution in [-0.2, 0) is 10.1 Å². The van der Waals surface area contributed by atoms with E-state index in [1.807, 2.05) is 0 Å². The molecular weight excluding hydrogens is 489 g/mol. The zero-order valence-corrected chi connectivity index (χ0v) is 22.4. The van der Waals surface area contributed by atoms with E-state index >= 15 is 0 Å². The van der Waals surface area contributed by atoms with Crippen molar-refractivity contribution in [1.82, 2.24) is 0 Å². The van der Waals surface area contributed by atoms with Crippen LogP contribution in [0.15, 0.2) is 4.90 Å². The highest BCUT2D eigenvalue weighted by atomic mass is 32.2. The fourth-order valence-electron chi connectivity index (χ4n) is 4.01. The maximum Gasteiger partial charge on any atom is 0.200 e. The second-order valence-electron chi connectivity index (χ2n) is 9.06. The molecule has 0 aliphatic carbocycles. The first-order valence-corrected chi connectivity index (χ1v) is 14.2. The van der Waals surface area contributed by atoms with Gasteiger partial charge in [0.05, 0.1) is 26.2 Å². The summed E-state index contributed by atoms with van der Waals surface area (Å²) in [5, 5.41) is 0. The van der Waals surface area contributed by atoms with Crippen LogP contribution < -0.4 is 0 Å². The third-order valence-corrected chi connectivity index (χ3v) is 6.97. The minimum absolute atomic E-state index is 1.36. The van der Waals surface area contributed by atoms with Gasteiger partial charge >= 0.3 is 0 Å². The molecule has 0 spiro atoms. The first-order valence-electron chi connectivity index (χ1n) is 12.7. The Bertz CT molecular complexity index is 799. The van der Waals surface area contributed by atoms with E-state index in [1.165, 1.54) is 101 Å². The normalized spacial score (nSPS) is 11.9. The van der Waals surface area contributed by atoms with Crippen molar-refractivity contribution in [3.63, 3.8) is 0 Å². The molecule has 0 saturated carbocycles. The molecule has 0 fully saturated rings. The largest absolute Gasteiger partial charge is 0.744 e. The molecule has 0 unspecified atom stereocenters. The van der Waals surface area contributed by atoms with E-state index in [0.29, 0.717) is 0 Å². The van der Waals surface area contributed by atoms with E-state index in [1.54, 1.807) is 0 Å². The van der Waals surface area contributed by atoms with Gasteiger partial charge in [0.2, 0.25) is 5.82 Å². The number of halogens is 5. The Morgan fingerprint density at radius 1 is 0.543 bits per heavy atom.